The second-order valence-corrected chi connectivity index (χ2v) is 23.2. The maximum Gasteiger partial charge on any atom is 0.338 e. The van der Waals surface area contributed by atoms with E-state index in [2.05, 4.69) is 41.5 Å². The molecule has 1 heterocycles. The molecule has 304 valence electrons. The van der Waals surface area contributed by atoms with Gasteiger partial charge < -0.3 is 33.2 Å². The van der Waals surface area contributed by atoms with Gasteiger partial charge in [-0.2, -0.15) is 0 Å². The number of rotatable bonds is 10. The van der Waals surface area contributed by atoms with E-state index in [0.717, 1.165) is 0 Å². The molecule has 0 amide bonds. The van der Waals surface area contributed by atoms with Gasteiger partial charge in [0.05, 0.1) is 29.6 Å². The Balaban J connectivity index is 1.93. The van der Waals surface area contributed by atoms with Gasteiger partial charge in [-0.15, -0.1) is 0 Å². The number of ether oxygens (including phenoxy) is 5. The van der Waals surface area contributed by atoms with Crippen molar-refractivity contribution in [2.24, 2.45) is 16.7 Å². The van der Waals surface area contributed by atoms with Crippen molar-refractivity contribution in [3.63, 3.8) is 0 Å². The zero-order chi connectivity index (χ0) is 41.2. The summed E-state index contributed by atoms with van der Waals surface area (Å²) in [5.74, 6) is -4.71. The van der Waals surface area contributed by atoms with E-state index in [0.29, 0.717) is 5.57 Å². The zero-order valence-corrected chi connectivity index (χ0v) is 35.6. The Morgan fingerprint density at radius 1 is 0.855 bits per heavy atom. The molecule has 0 aromatic heterocycles. The summed E-state index contributed by atoms with van der Waals surface area (Å²) < 4.78 is 38.6. The molecule has 0 radical (unpaired) electrons. The van der Waals surface area contributed by atoms with Gasteiger partial charge >= 0.3 is 23.9 Å². The van der Waals surface area contributed by atoms with Crippen LogP contribution in [-0.2, 0) is 47.3 Å². The molecule has 1 saturated heterocycles. The third-order valence-corrected chi connectivity index (χ3v) is 19.6. The molecule has 1 aromatic rings. The van der Waals surface area contributed by atoms with E-state index in [1.165, 1.54) is 20.8 Å². The first-order valence-corrected chi connectivity index (χ1v) is 21.6. The van der Waals surface area contributed by atoms with Crippen LogP contribution in [0, 0.1) is 16.7 Å². The van der Waals surface area contributed by atoms with Gasteiger partial charge in [0.1, 0.15) is 23.9 Å². The van der Waals surface area contributed by atoms with E-state index in [9.17, 15) is 24.3 Å². The molecule has 9 atom stereocenters. The minimum absolute atomic E-state index is 0.0913. The lowest BCUT2D eigenvalue weighted by molar-refractivity contribution is -0.344. The average molecular weight is 785 g/mol. The lowest BCUT2D eigenvalue weighted by Gasteiger charge is -2.68. The summed E-state index contributed by atoms with van der Waals surface area (Å²) in [6, 6.07) is 8.28. The fourth-order valence-corrected chi connectivity index (χ4v) is 16.7. The van der Waals surface area contributed by atoms with Gasteiger partial charge in [-0.25, -0.2) is 4.79 Å². The maximum atomic E-state index is 16.1. The van der Waals surface area contributed by atoms with E-state index >= 15 is 4.79 Å². The Bertz CT molecular complexity index is 1710. The Morgan fingerprint density at radius 2 is 1.42 bits per heavy atom. The summed E-state index contributed by atoms with van der Waals surface area (Å²) in [7, 11) is -2.82. The summed E-state index contributed by atoms with van der Waals surface area (Å²) in [4.78, 5) is 69.4. The number of ketones is 1. The smallest absolute Gasteiger partial charge is 0.338 e. The molecule has 1 aromatic carbocycles. The third-order valence-electron chi connectivity index (χ3n) is 13.5. The molecule has 2 saturated carbocycles. The molecule has 13 heteroatoms. The molecular formula is C42H60O12Si. The topological polar surface area (TPSA) is 161 Å². The first-order valence-electron chi connectivity index (χ1n) is 19.5. The normalized spacial score (nSPS) is 34.2. The van der Waals surface area contributed by atoms with Crippen molar-refractivity contribution in [2.45, 2.75) is 161 Å². The quantitative estimate of drug-likeness (QED) is 0.120. The SMILES string of the molecule is CC(=O)O[C@H]1C(=O)[C@]2(C)[C@@H](O[Si](C(C)C)(C(C)C)C(C)C)C[C@H]3OC[C@@]3(OC(C)=O)[C@H]2[C@H](OC(=O)c2ccccc2)[C@]2(O)C[C@H](OC(C)=O)C(C)=C1C2(C)C. The molecule has 1 aliphatic heterocycles. The molecule has 2 bridgehead atoms. The molecule has 1 N–H and O–H groups in total. The van der Waals surface area contributed by atoms with Gasteiger partial charge in [-0.1, -0.05) is 73.6 Å². The lowest BCUT2D eigenvalue weighted by Crippen LogP contribution is -2.82. The minimum Gasteiger partial charge on any atom is -0.458 e. The largest absolute Gasteiger partial charge is 0.458 e. The van der Waals surface area contributed by atoms with Gasteiger partial charge in [0.2, 0.25) is 8.32 Å². The highest BCUT2D eigenvalue weighted by molar-refractivity contribution is 6.77. The van der Waals surface area contributed by atoms with Crippen LogP contribution < -0.4 is 0 Å². The van der Waals surface area contributed by atoms with Crippen molar-refractivity contribution >= 4 is 38.0 Å². The molecule has 55 heavy (non-hydrogen) atoms. The molecule has 4 aliphatic rings. The van der Waals surface area contributed by atoms with Crippen LogP contribution in [0.2, 0.25) is 16.6 Å². The van der Waals surface area contributed by atoms with E-state index in [-0.39, 0.29) is 47.2 Å². The van der Waals surface area contributed by atoms with Gasteiger partial charge in [0, 0.05) is 39.0 Å². The Kier molecular flexibility index (Phi) is 11.5. The van der Waals surface area contributed by atoms with Crippen LogP contribution in [0.1, 0.15) is 113 Å². The predicted molar refractivity (Wildman–Crippen MR) is 204 cm³/mol. The van der Waals surface area contributed by atoms with E-state index in [4.69, 9.17) is 28.1 Å². The third kappa shape index (κ3) is 6.60. The van der Waals surface area contributed by atoms with Crippen molar-refractivity contribution in [1.29, 1.82) is 0 Å². The van der Waals surface area contributed by atoms with Gasteiger partial charge in [-0.3, -0.25) is 19.2 Å². The summed E-state index contributed by atoms with van der Waals surface area (Å²) >= 11 is 0. The van der Waals surface area contributed by atoms with Crippen LogP contribution >= 0.6 is 0 Å². The van der Waals surface area contributed by atoms with Crippen LogP contribution in [0.15, 0.2) is 41.5 Å². The predicted octanol–water partition coefficient (Wildman–Crippen LogP) is 6.42. The van der Waals surface area contributed by atoms with Gasteiger partial charge in [-0.05, 0) is 53.7 Å². The first-order chi connectivity index (χ1) is 25.4. The summed E-state index contributed by atoms with van der Waals surface area (Å²) in [6.45, 7) is 23.1. The molecule has 3 fully saturated rings. The van der Waals surface area contributed by atoms with Crippen molar-refractivity contribution in [1.82, 2.24) is 0 Å². The molecule has 0 unspecified atom stereocenters. The number of carbonyl (C=O) groups excluding carboxylic acids is 5. The molecule has 5 rings (SSSR count). The fraction of sp³-hybridized carbons (Fsp3) is 0.690. The first kappa shape index (κ1) is 42.7. The number of carbonyl (C=O) groups is 5. The van der Waals surface area contributed by atoms with Crippen LogP contribution in [0.25, 0.3) is 0 Å². The Labute approximate surface area is 326 Å². The highest BCUT2D eigenvalue weighted by atomic mass is 28.4. The number of fused-ring (bicyclic) bond motifs is 5. The average Bonchev–Trinajstić information content (AvgIpc) is 3.06. The molecular weight excluding hydrogens is 725 g/mol. The summed E-state index contributed by atoms with van der Waals surface area (Å²) in [6.07, 6.45) is -6.14. The number of Topliss-reactive ketones (excluding diaryl/α,β-unsaturated/α-hetero) is 1. The molecule has 12 nitrogen and oxygen atoms in total. The van der Waals surface area contributed by atoms with Crippen LogP contribution in [0.4, 0.5) is 0 Å². The second kappa shape index (κ2) is 14.8. The van der Waals surface area contributed by atoms with Crippen molar-refractivity contribution in [3.05, 3.63) is 47.0 Å². The Morgan fingerprint density at radius 3 is 1.89 bits per heavy atom. The highest BCUT2D eigenvalue weighted by Gasteiger charge is 2.79. The number of esters is 4. The van der Waals surface area contributed by atoms with Crippen LogP contribution in [0.3, 0.4) is 0 Å². The number of benzene rings is 1. The second-order valence-electron chi connectivity index (χ2n) is 17.8. The van der Waals surface area contributed by atoms with E-state index in [1.807, 2.05) is 0 Å². The fourth-order valence-electron chi connectivity index (χ4n) is 11.0. The Hall–Kier alpha value is -3.39. The molecule has 0 spiro atoms. The monoisotopic (exact) mass is 784 g/mol. The molecule has 3 aliphatic carbocycles. The number of hydrogen-bond acceptors (Lipinski definition) is 12. The van der Waals surface area contributed by atoms with Gasteiger partial charge in [0.15, 0.2) is 17.5 Å². The summed E-state index contributed by atoms with van der Waals surface area (Å²) in [5, 5.41) is 13.7. The van der Waals surface area contributed by atoms with Crippen LogP contribution in [-0.4, -0.2) is 91.4 Å². The van der Waals surface area contributed by atoms with E-state index < -0.39 is 96.4 Å². The van der Waals surface area contributed by atoms with Crippen molar-refractivity contribution in [3.8, 4) is 0 Å². The minimum atomic E-state index is -2.82. The van der Waals surface area contributed by atoms with Crippen molar-refractivity contribution in [2.75, 3.05) is 6.61 Å². The maximum absolute atomic E-state index is 16.1. The number of hydrogen-bond donors (Lipinski definition) is 1. The highest BCUT2D eigenvalue weighted by Crippen LogP contribution is 2.65. The lowest BCUT2D eigenvalue weighted by atomic mass is 9.44. The number of aliphatic hydroxyl groups is 1. The van der Waals surface area contributed by atoms with E-state index in [1.54, 1.807) is 58.0 Å². The zero-order valence-electron chi connectivity index (χ0n) is 34.6. The standard InChI is InChI=1S/C42H60O12Si/c1-22(2)55(23(3)4,24(5)6)54-31-19-32-41(21-49-32,53-28(10)45)35-37(52-38(47)29-17-15-14-16-18-29)42(48)20-30(50-26(8)43)25(7)33(39(42,11)12)34(51-27(9)44)36(46)40(31,35)13/h14-18,22-24,30-32,34-35,37,48H,19-21H2,1-13H3/t30-,31-,32+,34+,35-,37-,40+,41-,42+/m0/s1. The van der Waals surface area contributed by atoms with Crippen molar-refractivity contribution < 1.29 is 57.2 Å². The van der Waals surface area contributed by atoms with Gasteiger partial charge in [0.25, 0.3) is 0 Å². The summed E-state index contributed by atoms with van der Waals surface area (Å²) in [5.41, 5.74) is -5.79. The van der Waals surface area contributed by atoms with Crippen LogP contribution in [0.5, 0.6) is 0 Å².